The van der Waals surface area contributed by atoms with Gasteiger partial charge in [-0.3, -0.25) is 4.79 Å². The van der Waals surface area contributed by atoms with E-state index < -0.39 is 10.2 Å². The highest BCUT2D eigenvalue weighted by Gasteiger charge is 2.33. The van der Waals surface area contributed by atoms with Gasteiger partial charge in [0, 0.05) is 39.1 Å². The molecule has 2 aromatic heterocycles. The third-order valence-electron chi connectivity index (χ3n) is 6.21. The van der Waals surface area contributed by atoms with Crippen molar-refractivity contribution < 1.29 is 13.2 Å². The fourth-order valence-corrected chi connectivity index (χ4v) is 6.32. The van der Waals surface area contributed by atoms with Crippen molar-refractivity contribution in [3.05, 3.63) is 33.8 Å². The first-order chi connectivity index (χ1) is 15.3. The minimum absolute atomic E-state index is 0.0717. The van der Waals surface area contributed by atoms with Crippen LogP contribution in [0.5, 0.6) is 0 Å². The van der Waals surface area contributed by atoms with E-state index in [4.69, 9.17) is 0 Å². The second-order valence-electron chi connectivity index (χ2n) is 8.60. The first-order valence-corrected chi connectivity index (χ1v) is 13.3. The molecule has 2 fully saturated rings. The van der Waals surface area contributed by atoms with Crippen molar-refractivity contribution in [1.82, 2.24) is 28.3 Å². The average Bonchev–Trinajstić information content (AvgIpc) is 3.51. The molecule has 1 saturated carbocycles. The molecule has 10 nitrogen and oxygen atoms in total. The van der Waals surface area contributed by atoms with E-state index in [1.807, 2.05) is 17.5 Å². The quantitative estimate of drug-likeness (QED) is 0.637. The minimum atomic E-state index is -3.47. The second-order valence-corrected chi connectivity index (χ2v) is 11.7. The summed E-state index contributed by atoms with van der Waals surface area (Å²) < 4.78 is 30.4. The van der Waals surface area contributed by atoms with Crippen LogP contribution in [0, 0.1) is 0 Å². The van der Waals surface area contributed by atoms with Crippen LogP contribution in [-0.4, -0.2) is 70.5 Å². The SMILES string of the molecule is CN(C)S(=O)(=O)N1CCC(c2nn(CC(=O)NC3CCCC3)c(=O)n2-c2cccs2)CC1. The minimum Gasteiger partial charge on any atom is -0.352 e. The van der Waals surface area contributed by atoms with Gasteiger partial charge in [-0.2, -0.15) is 22.1 Å². The van der Waals surface area contributed by atoms with Crippen LogP contribution in [0.15, 0.2) is 22.3 Å². The Bertz CT molecular complexity index is 1090. The summed E-state index contributed by atoms with van der Waals surface area (Å²) in [6.45, 7) is 0.603. The lowest BCUT2D eigenvalue weighted by molar-refractivity contribution is -0.122. The molecule has 4 rings (SSSR count). The zero-order valence-corrected chi connectivity index (χ0v) is 20.1. The number of carbonyl (C=O) groups is 1. The Labute approximate surface area is 192 Å². The summed E-state index contributed by atoms with van der Waals surface area (Å²) >= 11 is 1.43. The zero-order valence-electron chi connectivity index (χ0n) is 18.4. The van der Waals surface area contributed by atoms with Crippen molar-refractivity contribution in [3.8, 4) is 5.00 Å². The van der Waals surface area contributed by atoms with Gasteiger partial charge in [0.2, 0.25) is 5.91 Å². The number of aromatic nitrogens is 3. The van der Waals surface area contributed by atoms with Gasteiger partial charge in [0.05, 0.1) is 0 Å². The van der Waals surface area contributed by atoms with E-state index in [-0.39, 0.29) is 30.1 Å². The Balaban J connectivity index is 1.56. The number of carbonyl (C=O) groups excluding carboxylic acids is 1. The normalized spacial score (nSPS) is 19.1. The molecule has 176 valence electrons. The molecule has 1 saturated heterocycles. The van der Waals surface area contributed by atoms with E-state index in [0.29, 0.717) is 31.8 Å². The highest BCUT2D eigenvalue weighted by molar-refractivity contribution is 7.86. The molecule has 1 amide bonds. The molecule has 2 aromatic rings. The topological polar surface area (TPSA) is 110 Å². The summed E-state index contributed by atoms with van der Waals surface area (Å²) in [5.74, 6) is 0.318. The van der Waals surface area contributed by atoms with Crippen LogP contribution in [-0.2, 0) is 21.5 Å². The predicted octanol–water partition coefficient (Wildman–Crippen LogP) is 1.14. The van der Waals surface area contributed by atoms with Crippen molar-refractivity contribution in [2.24, 2.45) is 0 Å². The van der Waals surface area contributed by atoms with Crippen molar-refractivity contribution in [2.75, 3.05) is 27.2 Å². The molecule has 0 bridgehead atoms. The van der Waals surface area contributed by atoms with Gasteiger partial charge in [-0.15, -0.1) is 11.3 Å². The summed E-state index contributed by atoms with van der Waals surface area (Å²) in [5.41, 5.74) is -0.340. The number of nitrogens with one attached hydrogen (secondary N) is 1. The van der Waals surface area contributed by atoms with Gasteiger partial charge < -0.3 is 5.32 Å². The summed E-state index contributed by atoms with van der Waals surface area (Å²) in [6.07, 6.45) is 5.30. The lowest BCUT2D eigenvalue weighted by Crippen LogP contribution is -2.44. The van der Waals surface area contributed by atoms with E-state index in [9.17, 15) is 18.0 Å². The number of hydrogen-bond donors (Lipinski definition) is 1. The van der Waals surface area contributed by atoms with Crippen LogP contribution in [0.2, 0.25) is 0 Å². The van der Waals surface area contributed by atoms with E-state index in [1.54, 1.807) is 4.57 Å². The van der Waals surface area contributed by atoms with E-state index in [0.717, 1.165) is 30.7 Å². The molecule has 0 aromatic carbocycles. The molecule has 1 aliphatic heterocycles. The molecule has 0 spiro atoms. The first kappa shape index (κ1) is 23.1. The number of amides is 1. The Kier molecular flexibility index (Phi) is 6.84. The number of thiophene rings is 1. The average molecular weight is 483 g/mol. The maximum absolute atomic E-state index is 13.2. The summed E-state index contributed by atoms with van der Waals surface area (Å²) in [6, 6.07) is 3.90. The van der Waals surface area contributed by atoms with Gasteiger partial charge in [0.15, 0.2) is 0 Å². The third kappa shape index (κ3) is 4.68. The number of hydrogen-bond acceptors (Lipinski definition) is 6. The van der Waals surface area contributed by atoms with Gasteiger partial charge in [-0.25, -0.2) is 14.0 Å². The number of nitrogens with zero attached hydrogens (tertiary/aromatic N) is 5. The lowest BCUT2D eigenvalue weighted by atomic mass is 9.97. The number of rotatable bonds is 7. The maximum Gasteiger partial charge on any atom is 0.351 e. The predicted molar refractivity (Wildman–Crippen MR) is 122 cm³/mol. The molecule has 1 aliphatic carbocycles. The van der Waals surface area contributed by atoms with Gasteiger partial charge >= 0.3 is 5.69 Å². The first-order valence-electron chi connectivity index (χ1n) is 11.0. The molecule has 3 heterocycles. The molecule has 12 heteroatoms. The third-order valence-corrected chi connectivity index (χ3v) is 9.01. The van der Waals surface area contributed by atoms with Crippen molar-refractivity contribution in [3.63, 3.8) is 0 Å². The fourth-order valence-electron chi connectivity index (χ4n) is 4.45. The van der Waals surface area contributed by atoms with Crippen LogP contribution >= 0.6 is 11.3 Å². The molecular weight excluding hydrogens is 452 g/mol. The van der Waals surface area contributed by atoms with Gasteiger partial charge in [0.25, 0.3) is 10.2 Å². The molecule has 0 atom stereocenters. The van der Waals surface area contributed by atoms with Crippen molar-refractivity contribution in [2.45, 2.75) is 57.0 Å². The summed E-state index contributed by atoms with van der Waals surface area (Å²) in [4.78, 5) is 25.7. The Morgan fingerprint density at radius 3 is 2.50 bits per heavy atom. The van der Waals surface area contributed by atoms with Gasteiger partial charge in [-0.1, -0.05) is 12.8 Å². The molecule has 0 unspecified atom stereocenters. The Morgan fingerprint density at radius 1 is 1.22 bits per heavy atom. The van der Waals surface area contributed by atoms with Crippen LogP contribution in [0.25, 0.3) is 5.00 Å². The summed E-state index contributed by atoms with van der Waals surface area (Å²) in [7, 11) is -0.424. The molecule has 1 N–H and O–H groups in total. The molecule has 2 aliphatic rings. The Hall–Kier alpha value is -2.02. The van der Waals surface area contributed by atoms with Crippen LogP contribution < -0.4 is 11.0 Å². The van der Waals surface area contributed by atoms with Crippen molar-refractivity contribution in [1.29, 1.82) is 0 Å². The van der Waals surface area contributed by atoms with Crippen LogP contribution in [0.3, 0.4) is 0 Å². The smallest absolute Gasteiger partial charge is 0.351 e. The largest absolute Gasteiger partial charge is 0.352 e. The van der Waals surface area contributed by atoms with Crippen molar-refractivity contribution >= 4 is 27.5 Å². The molecule has 32 heavy (non-hydrogen) atoms. The van der Waals surface area contributed by atoms with E-state index in [1.165, 1.54) is 38.7 Å². The fraction of sp³-hybridized carbons (Fsp3) is 0.650. The monoisotopic (exact) mass is 482 g/mol. The van der Waals surface area contributed by atoms with E-state index >= 15 is 0 Å². The second kappa shape index (κ2) is 9.46. The zero-order chi connectivity index (χ0) is 22.9. The molecule has 0 radical (unpaired) electrons. The summed E-state index contributed by atoms with van der Waals surface area (Å²) in [5, 5.41) is 10.2. The van der Waals surface area contributed by atoms with Gasteiger partial charge in [0.1, 0.15) is 17.4 Å². The van der Waals surface area contributed by atoms with Gasteiger partial charge in [-0.05, 0) is 43.2 Å². The van der Waals surface area contributed by atoms with E-state index in [2.05, 4.69) is 10.4 Å². The lowest BCUT2D eigenvalue weighted by Gasteiger charge is -2.32. The standard InChI is InChI=1S/C20H30N6O4S2/c1-23(2)32(29,30)24-11-9-15(10-12-24)19-22-25(14-17(27)21-16-6-3-4-7-16)20(28)26(19)18-8-5-13-31-18/h5,8,13,15-16H,3-4,6-7,9-12,14H2,1-2H3,(H,21,27). The molecular formula is C20H30N6O4S2. The highest BCUT2D eigenvalue weighted by atomic mass is 32.2. The van der Waals surface area contributed by atoms with Crippen LogP contribution in [0.1, 0.15) is 50.3 Å². The maximum atomic E-state index is 13.2. The Morgan fingerprint density at radius 2 is 1.91 bits per heavy atom. The highest BCUT2D eigenvalue weighted by Crippen LogP contribution is 2.30. The van der Waals surface area contributed by atoms with Crippen LogP contribution in [0.4, 0.5) is 0 Å². The number of piperidine rings is 1.